The molecule has 0 aliphatic rings. The molecule has 0 aromatic carbocycles. The minimum absolute atomic E-state index is 0.0285. The van der Waals surface area contributed by atoms with Crippen molar-refractivity contribution in [1.29, 1.82) is 0 Å². The second-order valence-corrected chi connectivity index (χ2v) is 32.4. The Morgan fingerprint density at radius 1 is 0.302 bits per heavy atom. The van der Waals surface area contributed by atoms with Crippen LogP contribution in [0, 0.1) is 0 Å². The lowest BCUT2D eigenvalue weighted by molar-refractivity contribution is -0.870. The summed E-state index contributed by atoms with van der Waals surface area (Å²) in [5, 5.41) is 0. The Morgan fingerprint density at radius 3 is 0.802 bits per heavy atom. The predicted octanol–water partition coefficient (Wildman–Crippen LogP) is 30.4. The van der Waals surface area contributed by atoms with Crippen molar-refractivity contribution in [2.24, 2.45) is 0 Å². The molecule has 0 saturated carbocycles. The Labute approximate surface area is 656 Å². The summed E-state index contributed by atoms with van der Waals surface area (Å²) in [6.45, 7) is 4.35. The van der Waals surface area contributed by atoms with Crippen LogP contribution in [0.2, 0.25) is 0 Å². The molecule has 1 N–H and O–H groups in total. The van der Waals surface area contributed by atoms with Crippen LogP contribution in [0.1, 0.15) is 399 Å². The van der Waals surface area contributed by atoms with Crippen LogP contribution in [-0.4, -0.2) is 74.9 Å². The highest BCUT2D eigenvalue weighted by molar-refractivity contribution is 7.47. The number of carbonyl (C=O) groups excluding carboxylic acids is 2. The van der Waals surface area contributed by atoms with E-state index >= 15 is 0 Å². The van der Waals surface area contributed by atoms with Crippen molar-refractivity contribution in [3.8, 4) is 0 Å². The second kappa shape index (κ2) is 84.9. The summed E-state index contributed by atoms with van der Waals surface area (Å²) in [5.41, 5.74) is 0. The first kappa shape index (κ1) is 102. The number of allylic oxidation sites excluding steroid dienone is 24. The monoisotopic (exact) mass is 1500 g/mol. The predicted molar refractivity (Wildman–Crippen MR) is 464 cm³/mol. The summed E-state index contributed by atoms with van der Waals surface area (Å²) in [4.78, 5) is 36.1. The average Bonchev–Trinajstić information content (AvgIpc) is 0.908. The minimum Gasteiger partial charge on any atom is -0.462 e. The zero-order valence-electron chi connectivity index (χ0n) is 69.9. The highest BCUT2D eigenvalue weighted by Gasteiger charge is 2.27. The normalized spacial score (nSPS) is 13.7. The van der Waals surface area contributed by atoms with E-state index in [1.54, 1.807) is 0 Å². The molecule has 0 aromatic rings. The number of phosphoric ester groups is 1. The Morgan fingerprint density at radius 2 is 0.538 bits per heavy atom. The Hall–Kier alpha value is -4.11. The van der Waals surface area contributed by atoms with E-state index in [1.165, 1.54) is 257 Å². The SMILES string of the molecule is CC/C=C\C/C=C\C/C=C\C/C=C\C/C=C\C/C=C\C/C=C\C/C=C\C/C=C\CCCCCCCCCCCCCCCC(=O)OC(COC(=O)CCCCCCCCCCCCCCCCCCCCCCCCCCCC/C=C\C/C=C\C/C=C\CCCCCCC)COP(=O)(O)OCC[N+](C)(C)C. The molecule has 0 aliphatic carbocycles. The van der Waals surface area contributed by atoms with Crippen LogP contribution >= 0.6 is 7.82 Å². The molecule has 0 amide bonds. The fraction of sp³-hybridized carbons (Fsp3) is 0.729. The van der Waals surface area contributed by atoms with E-state index in [2.05, 4.69) is 160 Å². The number of quaternary nitrogens is 1. The van der Waals surface area contributed by atoms with Crippen molar-refractivity contribution in [2.45, 2.75) is 405 Å². The van der Waals surface area contributed by atoms with E-state index < -0.39 is 26.5 Å². The van der Waals surface area contributed by atoms with E-state index in [9.17, 15) is 19.0 Å². The van der Waals surface area contributed by atoms with Crippen molar-refractivity contribution in [3.05, 3.63) is 146 Å². The first-order valence-electron chi connectivity index (χ1n) is 44.6. The molecule has 106 heavy (non-hydrogen) atoms. The van der Waals surface area contributed by atoms with Gasteiger partial charge in [-0.15, -0.1) is 0 Å². The van der Waals surface area contributed by atoms with Crippen molar-refractivity contribution >= 4 is 19.8 Å². The number of esters is 2. The number of unbranched alkanes of at least 4 members (excludes halogenated alkanes) is 44. The molecule has 9 nitrogen and oxygen atoms in total. The number of hydrogen-bond acceptors (Lipinski definition) is 7. The van der Waals surface area contributed by atoms with Crippen LogP contribution in [0.3, 0.4) is 0 Å². The largest absolute Gasteiger partial charge is 0.472 e. The topological polar surface area (TPSA) is 108 Å². The summed E-state index contributed by atoms with van der Waals surface area (Å²) in [5.74, 6) is -0.787. The zero-order chi connectivity index (χ0) is 76.8. The van der Waals surface area contributed by atoms with Crippen LogP contribution in [0.5, 0.6) is 0 Å². The molecule has 0 aromatic heterocycles. The Kier molecular flexibility index (Phi) is 81.6. The van der Waals surface area contributed by atoms with Gasteiger partial charge in [0.15, 0.2) is 6.10 Å². The molecule has 610 valence electrons. The lowest BCUT2D eigenvalue weighted by atomic mass is 10.0. The van der Waals surface area contributed by atoms with E-state index in [-0.39, 0.29) is 32.0 Å². The molecule has 0 saturated heterocycles. The molecule has 0 bridgehead atoms. The molecule has 0 aliphatic heterocycles. The third kappa shape index (κ3) is 88.8. The fourth-order valence-electron chi connectivity index (χ4n) is 12.6. The van der Waals surface area contributed by atoms with Gasteiger partial charge in [0.05, 0.1) is 27.7 Å². The summed E-state index contributed by atoms with van der Waals surface area (Å²) >= 11 is 0. The van der Waals surface area contributed by atoms with Gasteiger partial charge in [-0.25, -0.2) is 4.57 Å². The maximum absolute atomic E-state index is 12.9. The van der Waals surface area contributed by atoms with Gasteiger partial charge in [0.2, 0.25) is 0 Å². The third-order valence-electron chi connectivity index (χ3n) is 19.4. The van der Waals surface area contributed by atoms with Gasteiger partial charge in [-0.1, -0.05) is 410 Å². The number of carbonyl (C=O) groups is 2. The molecule has 10 heteroatoms. The van der Waals surface area contributed by atoms with Crippen molar-refractivity contribution in [2.75, 3.05) is 47.5 Å². The van der Waals surface area contributed by atoms with Gasteiger partial charge >= 0.3 is 19.8 Å². The molecule has 0 rings (SSSR count). The molecular weight excluding hydrogens is 1330 g/mol. The van der Waals surface area contributed by atoms with Crippen LogP contribution in [0.25, 0.3) is 0 Å². The van der Waals surface area contributed by atoms with Crippen molar-refractivity contribution < 1.29 is 42.1 Å². The summed E-state index contributed by atoms with van der Waals surface area (Å²) in [6, 6.07) is 0. The smallest absolute Gasteiger partial charge is 0.462 e. The highest BCUT2D eigenvalue weighted by atomic mass is 31.2. The Balaban J connectivity index is 3.93. The lowest BCUT2D eigenvalue weighted by Gasteiger charge is -2.24. The number of phosphoric acid groups is 1. The van der Waals surface area contributed by atoms with Gasteiger partial charge < -0.3 is 18.9 Å². The maximum Gasteiger partial charge on any atom is 0.472 e. The summed E-state index contributed by atoms with van der Waals surface area (Å²) in [6.07, 6.45) is 126. The maximum atomic E-state index is 12.9. The van der Waals surface area contributed by atoms with Crippen LogP contribution in [0.4, 0.5) is 0 Å². The highest BCUT2D eigenvalue weighted by Crippen LogP contribution is 2.43. The first-order chi connectivity index (χ1) is 52.0. The number of rotatable bonds is 82. The van der Waals surface area contributed by atoms with Gasteiger partial charge in [-0.05, 0) is 122 Å². The molecule has 0 spiro atoms. The fourth-order valence-corrected chi connectivity index (χ4v) is 13.4. The standard InChI is InChI=1S/C96H168NO8P/c1-6-8-10-12-14-16-18-20-22-24-26-28-30-32-34-36-38-40-42-44-46-48-50-52-54-56-58-60-62-64-66-68-70-72-74-76-78-80-82-84-86-88-95(98)102-92-94(93-104-106(100,101)103-91-90-97(3,4)5)105-96(99)89-87-85-83-81-79-77-75-73-71-69-67-65-63-61-59-57-55-53-51-49-47-45-43-41-39-37-35-33-31-29-27-25-23-21-19-17-15-13-11-9-7-2/h9,11,15,17-18,20-21,23-24,26-27,29-30,32-33,35,39,41,45,47,51,53,57,59,94H,6-8,10,12-14,16,19,22,25,28,31,34,36-38,40,42-44,46,48-50,52,54-56,58,60-93H2,1-5H3/p+1/b11-9-,17-15-,20-18-,23-21-,26-24-,29-27-,32-30-,35-33-,41-39-,47-45-,53-51-,59-57-. The third-order valence-corrected chi connectivity index (χ3v) is 20.3. The number of hydrogen-bond donors (Lipinski definition) is 1. The van der Waals surface area contributed by atoms with Crippen LogP contribution < -0.4 is 0 Å². The van der Waals surface area contributed by atoms with Gasteiger partial charge in [0.1, 0.15) is 19.8 Å². The molecule has 2 unspecified atom stereocenters. The van der Waals surface area contributed by atoms with Gasteiger partial charge in [0.25, 0.3) is 0 Å². The molecule has 0 heterocycles. The van der Waals surface area contributed by atoms with Crippen molar-refractivity contribution in [3.63, 3.8) is 0 Å². The van der Waals surface area contributed by atoms with Gasteiger partial charge in [-0.3, -0.25) is 18.6 Å². The van der Waals surface area contributed by atoms with E-state index in [4.69, 9.17) is 18.5 Å². The molecule has 0 fully saturated rings. The molecular formula is C96H169NO8P+. The van der Waals surface area contributed by atoms with E-state index in [0.29, 0.717) is 17.4 Å². The van der Waals surface area contributed by atoms with Gasteiger partial charge in [0, 0.05) is 12.8 Å². The summed E-state index contributed by atoms with van der Waals surface area (Å²) < 4.78 is 34.9. The van der Waals surface area contributed by atoms with E-state index in [0.717, 1.165) is 109 Å². The Bertz CT molecular complexity index is 2310. The number of ether oxygens (including phenoxy) is 2. The average molecular weight is 1500 g/mol. The van der Waals surface area contributed by atoms with Gasteiger partial charge in [-0.2, -0.15) is 0 Å². The van der Waals surface area contributed by atoms with Crippen molar-refractivity contribution in [1.82, 2.24) is 0 Å². The van der Waals surface area contributed by atoms with Crippen LogP contribution in [-0.2, 0) is 32.7 Å². The number of likely N-dealkylation sites (N-methyl/N-ethyl adjacent to an activating group) is 1. The quantitative estimate of drug-likeness (QED) is 0.0211. The number of nitrogens with zero attached hydrogens (tertiary/aromatic N) is 1. The zero-order valence-corrected chi connectivity index (χ0v) is 70.8. The first-order valence-corrected chi connectivity index (χ1v) is 46.1. The summed E-state index contributed by atoms with van der Waals surface area (Å²) in [7, 11) is 1.48. The minimum atomic E-state index is -4.40. The molecule has 0 radical (unpaired) electrons. The van der Waals surface area contributed by atoms with Crippen LogP contribution in [0.15, 0.2) is 146 Å². The molecule has 2 atom stereocenters. The second-order valence-electron chi connectivity index (χ2n) is 30.9. The van der Waals surface area contributed by atoms with E-state index in [1.807, 2.05) is 21.1 Å². The lowest BCUT2D eigenvalue weighted by Crippen LogP contribution is -2.37.